The third-order valence-electron chi connectivity index (χ3n) is 4.99. The molecule has 0 radical (unpaired) electrons. The van der Waals surface area contributed by atoms with Crippen molar-refractivity contribution in [1.29, 1.82) is 0 Å². The van der Waals surface area contributed by atoms with Crippen LogP contribution in [0, 0.1) is 0 Å². The molecule has 0 aromatic heterocycles. The number of anilines is 1. The highest BCUT2D eigenvalue weighted by Crippen LogP contribution is 2.40. The topological polar surface area (TPSA) is 61.9 Å². The number of ether oxygens (including phenoxy) is 1. The second kappa shape index (κ2) is 9.05. The summed E-state index contributed by atoms with van der Waals surface area (Å²) in [5.41, 5.74) is 2.10. The van der Waals surface area contributed by atoms with E-state index >= 15 is 0 Å². The smallest absolute Gasteiger partial charge is 0.293 e. The molecule has 0 aliphatic carbocycles. The van der Waals surface area contributed by atoms with Gasteiger partial charge in [0.05, 0.1) is 6.54 Å². The minimum absolute atomic E-state index is 0.0446. The molecule has 0 unspecified atom stereocenters. The Balaban J connectivity index is 0.000000345. The Morgan fingerprint density at radius 2 is 2.00 bits per heavy atom. The van der Waals surface area contributed by atoms with E-state index in [-0.39, 0.29) is 16.9 Å². The number of carbonyl (C=O) groups is 2. The third kappa shape index (κ3) is 6.04. The number of hydrogen-bond donors (Lipinski definition) is 1. The zero-order chi connectivity index (χ0) is 20.9. The van der Waals surface area contributed by atoms with Crippen molar-refractivity contribution in [3.63, 3.8) is 0 Å². The van der Waals surface area contributed by atoms with Gasteiger partial charge in [0.15, 0.2) is 0 Å². The molecule has 2 aliphatic heterocycles. The fraction of sp³-hybridized carbons (Fsp3) is 0.636. The van der Waals surface area contributed by atoms with E-state index in [0.717, 1.165) is 31.9 Å². The Kier molecular flexibility index (Phi) is 7.23. The van der Waals surface area contributed by atoms with Crippen molar-refractivity contribution in [2.45, 2.75) is 58.6 Å². The molecule has 3 rings (SSSR count). The van der Waals surface area contributed by atoms with Gasteiger partial charge in [-0.3, -0.25) is 14.5 Å². The first-order valence-electron chi connectivity index (χ1n) is 10.0. The van der Waals surface area contributed by atoms with E-state index in [1.807, 2.05) is 31.7 Å². The largest absolute Gasteiger partial charge is 0.462 e. The zero-order valence-corrected chi connectivity index (χ0v) is 18.1. The van der Waals surface area contributed by atoms with E-state index in [0.29, 0.717) is 19.1 Å². The molecule has 6 nitrogen and oxygen atoms in total. The molecule has 1 saturated heterocycles. The Bertz CT molecular complexity index is 682. The van der Waals surface area contributed by atoms with E-state index in [1.54, 1.807) is 0 Å². The predicted octanol–water partition coefficient (Wildman–Crippen LogP) is 2.56. The van der Waals surface area contributed by atoms with Crippen molar-refractivity contribution < 1.29 is 14.3 Å². The van der Waals surface area contributed by atoms with Crippen LogP contribution in [0.2, 0.25) is 0 Å². The lowest BCUT2D eigenvalue weighted by Crippen LogP contribution is -2.52. The predicted molar refractivity (Wildman–Crippen MR) is 113 cm³/mol. The van der Waals surface area contributed by atoms with Gasteiger partial charge in [0.25, 0.3) is 6.47 Å². The third-order valence-corrected chi connectivity index (χ3v) is 4.99. The molecule has 2 heterocycles. The summed E-state index contributed by atoms with van der Waals surface area (Å²) in [6.07, 6.45) is 0. The number of nitrogens with one attached hydrogen (secondary N) is 1. The minimum atomic E-state index is -0.318. The molecule has 6 heteroatoms. The number of benzene rings is 1. The zero-order valence-electron chi connectivity index (χ0n) is 18.1. The van der Waals surface area contributed by atoms with Crippen LogP contribution in [0.25, 0.3) is 0 Å². The van der Waals surface area contributed by atoms with Crippen LogP contribution < -0.4 is 10.2 Å². The number of para-hydroxylation sites is 1. The molecule has 0 spiro atoms. The quantitative estimate of drug-likeness (QED) is 0.805. The normalized spacial score (nSPS) is 21.4. The van der Waals surface area contributed by atoms with Gasteiger partial charge in [-0.1, -0.05) is 32.0 Å². The molecule has 0 saturated carbocycles. The van der Waals surface area contributed by atoms with Crippen LogP contribution in [-0.4, -0.2) is 61.6 Å². The van der Waals surface area contributed by atoms with Crippen molar-refractivity contribution >= 4 is 18.1 Å². The highest BCUT2D eigenvalue weighted by Gasteiger charge is 2.37. The van der Waals surface area contributed by atoms with E-state index in [2.05, 4.69) is 53.9 Å². The molecule has 156 valence electrons. The monoisotopic (exact) mass is 389 g/mol. The number of amides is 1. The highest BCUT2D eigenvalue weighted by molar-refractivity contribution is 5.97. The standard InChI is InChI=1S/C17H25N3O.C5H10O2/c1-13-10-19(9-8-18-13)11-16(21)20-12-17(2,3)14-6-4-5-7-15(14)20;1-5(2,3)7-4-6/h4-7,13,18H,8-12H2,1-3H3;4H,1-3H3/t13-;/m1./s1. The van der Waals surface area contributed by atoms with Crippen molar-refractivity contribution in [2.75, 3.05) is 37.6 Å². The van der Waals surface area contributed by atoms with E-state index in [9.17, 15) is 9.59 Å². The van der Waals surface area contributed by atoms with Crippen LogP contribution in [-0.2, 0) is 19.7 Å². The molecule has 1 fully saturated rings. The van der Waals surface area contributed by atoms with Gasteiger partial charge in [-0.25, -0.2) is 0 Å². The lowest BCUT2D eigenvalue weighted by molar-refractivity contribution is -0.138. The number of hydrogen-bond acceptors (Lipinski definition) is 5. The molecule has 0 bridgehead atoms. The van der Waals surface area contributed by atoms with Gasteiger partial charge < -0.3 is 15.0 Å². The van der Waals surface area contributed by atoms with Gasteiger partial charge in [-0.05, 0) is 39.3 Å². The molecular formula is C22H35N3O3. The van der Waals surface area contributed by atoms with Gasteiger partial charge >= 0.3 is 0 Å². The Morgan fingerprint density at radius 1 is 1.32 bits per heavy atom. The molecule has 1 aromatic carbocycles. The molecule has 1 amide bonds. The number of nitrogens with zero attached hydrogens (tertiary/aromatic N) is 2. The van der Waals surface area contributed by atoms with Crippen LogP contribution in [0.1, 0.15) is 47.1 Å². The molecule has 1 atom stereocenters. The molecule has 28 heavy (non-hydrogen) atoms. The summed E-state index contributed by atoms with van der Waals surface area (Å²) < 4.78 is 4.55. The number of piperazine rings is 1. The second-order valence-electron chi connectivity index (χ2n) is 9.30. The van der Waals surface area contributed by atoms with Gasteiger partial charge in [-0.15, -0.1) is 0 Å². The first kappa shape index (κ1) is 22.4. The fourth-order valence-electron chi connectivity index (χ4n) is 3.65. The Morgan fingerprint density at radius 3 is 2.57 bits per heavy atom. The van der Waals surface area contributed by atoms with Crippen molar-refractivity contribution in [1.82, 2.24) is 10.2 Å². The Hall–Kier alpha value is -1.92. The maximum absolute atomic E-state index is 12.7. The second-order valence-corrected chi connectivity index (χ2v) is 9.30. The minimum Gasteiger partial charge on any atom is -0.462 e. The highest BCUT2D eigenvalue weighted by atomic mass is 16.5. The first-order valence-corrected chi connectivity index (χ1v) is 10.0. The van der Waals surface area contributed by atoms with Crippen LogP contribution in [0.15, 0.2) is 24.3 Å². The summed E-state index contributed by atoms with van der Waals surface area (Å²) in [6, 6.07) is 8.77. The summed E-state index contributed by atoms with van der Waals surface area (Å²) in [7, 11) is 0. The van der Waals surface area contributed by atoms with Crippen molar-refractivity contribution in [3.05, 3.63) is 29.8 Å². The summed E-state index contributed by atoms with van der Waals surface area (Å²) in [4.78, 5) is 26.6. The fourth-order valence-corrected chi connectivity index (χ4v) is 3.65. The SMILES string of the molecule is CC(C)(C)OC=O.C[C@@H]1CN(CC(=O)N2CC(C)(C)c3ccccc32)CCN1. The molecule has 1 N–H and O–H groups in total. The van der Waals surface area contributed by atoms with Gasteiger partial charge in [-0.2, -0.15) is 0 Å². The van der Waals surface area contributed by atoms with Crippen LogP contribution in [0.4, 0.5) is 5.69 Å². The van der Waals surface area contributed by atoms with Gasteiger partial charge in [0, 0.05) is 43.3 Å². The van der Waals surface area contributed by atoms with E-state index in [4.69, 9.17) is 0 Å². The average molecular weight is 390 g/mol. The Labute approximate surface area is 169 Å². The first-order chi connectivity index (χ1) is 13.0. The lowest BCUT2D eigenvalue weighted by atomic mass is 9.87. The summed E-state index contributed by atoms with van der Waals surface area (Å²) in [5.74, 6) is 0.224. The van der Waals surface area contributed by atoms with E-state index < -0.39 is 0 Å². The molecule has 1 aromatic rings. The van der Waals surface area contributed by atoms with Crippen LogP contribution >= 0.6 is 0 Å². The summed E-state index contributed by atoms with van der Waals surface area (Å²) >= 11 is 0. The summed E-state index contributed by atoms with van der Waals surface area (Å²) in [5, 5.41) is 3.42. The maximum Gasteiger partial charge on any atom is 0.293 e. The molecular weight excluding hydrogens is 354 g/mol. The van der Waals surface area contributed by atoms with Crippen LogP contribution in [0.5, 0.6) is 0 Å². The van der Waals surface area contributed by atoms with E-state index in [1.165, 1.54) is 5.56 Å². The van der Waals surface area contributed by atoms with Crippen molar-refractivity contribution in [3.8, 4) is 0 Å². The number of carbonyl (C=O) groups excluding carboxylic acids is 2. The number of fused-ring (bicyclic) bond motifs is 1. The summed E-state index contributed by atoms with van der Waals surface area (Å²) in [6.45, 7) is 16.7. The lowest BCUT2D eigenvalue weighted by Gasteiger charge is -2.32. The van der Waals surface area contributed by atoms with Gasteiger partial charge in [0.2, 0.25) is 5.91 Å². The van der Waals surface area contributed by atoms with Crippen LogP contribution in [0.3, 0.4) is 0 Å². The average Bonchev–Trinajstić information content (AvgIpc) is 2.86. The molecule has 2 aliphatic rings. The maximum atomic E-state index is 12.7. The number of rotatable bonds is 3. The van der Waals surface area contributed by atoms with Gasteiger partial charge in [0.1, 0.15) is 5.60 Å². The van der Waals surface area contributed by atoms with Crippen molar-refractivity contribution in [2.24, 2.45) is 0 Å².